The number of hydrogen-bond acceptors (Lipinski definition) is 3. The monoisotopic (exact) mass is 232 g/mol. The molecule has 0 spiro atoms. The Hall–Kier alpha value is -0.840. The zero-order chi connectivity index (χ0) is 12.3. The molecular weight excluding hydrogens is 211 g/mol. The fourth-order valence-electron chi connectivity index (χ4n) is 1.60. The molecule has 94 valence electrons. The van der Waals surface area contributed by atoms with Crippen LogP contribution in [0.25, 0.3) is 0 Å². The molecule has 0 aromatic carbocycles. The number of ether oxygens (including phenoxy) is 1. The van der Waals surface area contributed by atoms with Crippen LogP contribution in [0.15, 0.2) is 0 Å². The zero-order valence-electron chi connectivity index (χ0n) is 10.3. The summed E-state index contributed by atoms with van der Waals surface area (Å²) in [6, 6.07) is -0.335. The number of alkyl halides is 1. The lowest BCUT2D eigenvalue weighted by atomic mass is 10.0. The van der Waals surface area contributed by atoms with Crippen LogP contribution >= 0.6 is 0 Å². The first-order valence-corrected chi connectivity index (χ1v) is 5.65. The highest BCUT2D eigenvalue weighted by molar-refractivity contribution is 5.68. The van der Waals surface area contributed by atoms with Gasteiger partial charge in [0.1, 0.15) is 11.8 Å². The van der Waals surface area contributed by atoms with Gasteiger partial charge in [-0.05, 0) is 27.7 Å². The van der Waals surface area contributed by atoms with Gasteiger partial charge in [-0.1, -0.05) is 0 Å². The van der Waals surface area contributed by atoms with Gasteiger partial charge in [-0.25, -0.2) is 9.18 Å². The van der Waals surface area contributed by atoms with Crippen molar-refractivity contribution >= 4 is 6.09 Å². The van der Waals surface area contributed by atoms with Crippen LogP contribution < -0.4 is 10.6 Å². The Morgan fingerprint density at radius 1 is 1.50 bits per heavy atom. The van der Waals surface area contributed by atoms with Gasteiger partial charge in [-0.2, -0.15) is 0 Å². The van der Waals surface area contributed by atoms with Gasteiger partial charge in [0.2, 0.25) is 0 Å². The second kappa shape index (κ2) is 4.99. The third-order valence-electron chi connectivity index (χ3n) is 2.46. The molecule has 1 amide bonds. The average Bonchev–Trinajstić information content (AvgIpc) is 2.08. The summed E-state index contributed by atoms with van der Waals surface area (Å²) in [5.74, 6) is 0. The minimum absolute atomic E-state index is 0.142. The molecule has 0 bridgehead atoms. The molecule has 3 atom stereocenters. The van der Waals surface area contributed by atoms with Gasteiger partial charge in [-0.3, -0.25) is 0 Å². The van der Waals surface area contributed by atoms with Crippen molar-refractivity contribution in [1.82, 2.24) is 10.6 Å². The number of carbonyl (C=O) groups excluding carboxylic acids is 1. The smallest absolute Gasteiger partial charge is 0.407 e. The van der Waals surface area contributed by atoms with Crippen LogP contribution in [0.2, 0.25) is 0 Å². The van der Waals surface area contributed by atoms with Crippen LogP contribution in [0.3, 0.4) is 0 Å². The van der Waals surface area contributed by atoms with Crippen LogP contribution in [0.5, 0.6) is 0 Å². The van der Waals surface area contributed by atoms with Crippen molar-refractivity contribution in [2.45, 2.75) is 58.0 Å². The SMILES string of the molecule is C[C@@H]1NC[C@H](NC(=O)OC(C)(C)C)C[C@H]1F. The molecular formula is C11H21FN2O2. The molecule has 0 aromatic rings. The predicted octanol–water partition coefficient (Wildman–Crippen LogP) is 1.60. The molecule has 1 aliphatic heterocycles. The normalized spacial score (nSPS) is 30.9. The Bertz CT molecular complexity index is 253. The summed E-state index contributed by atoms with van der Waals surface area (Å²) in [4.78, 5) is 11.4. The van der Waals surface area contributed by atoms with E-state index in [-0.39, 0.29) is 12.1 Å². The van der Waals surface area contributed by atoms with Crippen molar-refractivity contribution in [1.29, 1.82) is 0 Å². The summed E-state index contributed by atoms with van der Waals surface area (Å²) in [6.07, 6.45) is -1.07. The molecule has 1 rings (SSSR count). The Morgan fingerprint density at radius 2 is 2.12 bits per heavy atom. The number of piperidine rings is 1. The zero-order valence-corrected chi connectivity index (χ0v) is 10.3. The highest BCUT2D eigenvalue weighted by Crippen LogP contribution is 2.13. The summed E-state index contributed by atoms with van der Waals surface area (Å²) < 4.78 is 18.5. The first-order chi connectivity index (χ1) is 7.28. The number of hydrogen-bond donors (Lipinski definition) is 2. The lowest BCUT2D eigenvalue weighted by molar-refractivity contribution is 0.0476. The second-order valence-corrected chi connectivity index (χ2v) is 5.29. The standard InChI is InChI=1S/C11H21FN2O2/c1-7-9(12)5-8(6-13-7)14-10(15)16-11(2,3)4/h7-9,13H,5-6H2,1-4H3,(H,14,15)/t7-,8+,9+/m0/s1. The number of amides is 1. The number of halogens is 1. The Kier molecular flexibility index (Phi) is 4.13. The second-order valence-electron chi connectivity index (χ2n) is 5.29. The molecule has 1 heterocycles. The minimum atomic E-state index is -0.923. The lowest BCUT2D eigenvalue weighted by Gasteiger charge is -2.31. The summed E-state index contributed by atoms with van der Waals surface area (Å²) in [7, 11) is 0. The van der Waals surface area contributed by atoms with E-state index in [1.54, 1.807) is 27.7 Å². The quantitative estimate of drug-likeness (QED) is 0.722. The summed E-state index contributed by atoms with van der Waals surface area (Å²) >= 11 is 0. The Balaban J connectivity index is 2.35. The van der Waals surface area contributed by atoms with Crippen molar-refractivity contribution in [3.05, 3.63) is 0 Å². The van der Waals surface area contributed by atoms with Crippen LogP contribution in [-0.2, 0) is 4.74 Å². The maximum Gasteiger partial charge on any atom is 0.407 e. The molecule has 5 heteroatoms. The van der Waals surface area contributed by atoms with E-state index >= 15 is 0 Å². The van der Waals surface area contributed by atoms with E-state index in [0.29, 0.717) is 13.0 Å². The van der Waals surface area contributed by atoms with Gasteiger partial charge in [0.25, 0.3) is 0 Å². The van der Waals surface area contributed by atoms with Crippen molar-refractivity contribution in [3.8, 4) is 0 Å². The molecule has 0 aromatic heterocycles. The van der Waals surface area contributed by atoms with Gasteiger partial charge in [0, 0.05) is 25.0 Å². The lowest BCUT2D eigenvalue weighted by Crippen LogP contribution is -2.54. The van der Waals surface area contributed by atoms with Crippen molar-refractivity contribution < 1.29 is 13.9 Å². The molecule has 1 fully saturated rings. The van der Waals surface area contributed by atoms with Gasteiger partial charge in [-0.15, -0.1) is 0 Å². The molecule has 16 heavy (non-hydrogen) atoms. The predicted molar refractivity (Wildman–Crippen MR) is 60.1 cm³/mol. The van der Waals surface area contributed by atoms with E-state index in [1.165, 1.54) is 0 Å². The third kappa shape index (κ3) is 4.35. The molecule has 2 N–H and O–H groups in total. The molecule has 0 saturated carbocycles. The van der Waals surface area contributed by atoms with Gasteiger partial charge in [0.15, 0.2) is 0 Å². The number of nitrogens with one attached hydrogen (secondary N) is 2. The molecule has 4 nitrogen and oxygen atoms in total. The third-order valence-corrected chi connectivity index (χ3v) is 2.46. The summed E-state index contributed by atoms with van der Waals surface area (Å²) in [5.41, 5.74) is -0.519. The van der Waals surface area contributed by atoms with Gasteiger partial charge in [0.05, 0.1) is 0 Å². The Labute approximate surface area is 95.9 Å². The summed E-state index contributed by atoms with van der Waals surface area (Å²) in [5, 5.41) is 5.67. The molecule has 1 saturated heterocycles. The van der Waals surface area contributed by atoms with E-state index in [0.717, 1.165) is 0 Å². The van der Waals surface area contributed by atoms with Gasteiger partial charge >= 0.3 is 6.09 Å². The van der Waals surface area contributed by atoms with Crippen LogP contribution in [0.4, 0.5) is 9.18 Å². The Morgan fingerprint density at radius 3 is 2.62 bits per heavy atom. The fourth-order valence-corrected chi connectivity index (χ4v) is 1.60. The first kappa shape index (κ1) is 13.2. The number of carbonyl (C=O) groups is 1. The maximum atomic E-state index is 13.4. The largest absolute Gasteiger partial charge is 0.444 e. The van der Waals surface area contributed by atoms with E-state index in [9.17, 15) is 9.18 Å². The topological polar surface area (TPSA) is 50.4 Å². The number of rotatable bonds is 1. The van der Waals surface area contributed by atoms with Gasteiger partial charge < -0.3 is 15.4 Å². The maximum absolute atomic E-state index is 13.4. The fraction of sp³-hybridized carbons (Fsp3) is 0.909. The van der Waals surface area contributed by atoms with Crippen LogP contribution in [0.1, 0.15) is 34.1 Å². The number of alkyl carbamates (subject to hydrolysis) is 1. The first-order valence-electron chi connectivity index (χ1n) is 5.65. The minimum Gasteiger partial charge on any atom is -0.444 e. The molecule has 0 unspecified atom stereocenters. The highest BCUT2D eigenvalue weighted by atomic mass is 19.1. The van der Waals surface area contributed by atoms with Crippen molar-refractivity contribution in [3.63, 3.8) is 0 Å². The van der Waals surface area contributed by atoms with E-state index in [2.05, 4.69) is 10.6 Å². The van der Waals surface area contributed by atoms with E-state index in [4.69, 9.17) is 4.74 Å². The van der Waals surface area contributed by atoms with Crippen molar-refractivity contribution in [2.24, 2.45) is 0 Å². The van der Waals surface area contributed by atoms with E-state index < -0.39 is 17.9 Å². The molecule has 0 radical (unpaired) electrons. The van der Waals surface area contributed by atoms with Crippen LogP contribution in [0, 0.1) is 0 Å². The molecule has 1 aliphatic rings. The van der Waals surface area contributed by atoms with E-state index in [1.807, 2.05) is 0 Å². The van der Waals surface area contributed by atoms with Crippen LogP contribution in [-0.4, -0.2) is 36.5 Å². The summed E-state index contributed by atoms with van der Waals surface area (Å²) in [6.45, 7) is 7.78. The van der Waals surface area contributed by atoms with Crippen molar-refractivity contribution in [2.75, 3.05) is 6.54 Å². The highest BCUT2D eigenvalue weighted by Gasteiger charge is 2.29. The average molecular weight is 232 g/mol. The molecule has 0 aliphatic carbocycles.